The van der Waals surface area contributed by atoms with Gasteiger partial charge in [0.15, 0.2) is 0 Å². The van der Waals surface area contributed by atoms with Crippen molar-refractivity contribution in [3.05, 3.63) is 29.3 Å². The largest absolute Gasteiger partial charge is 0.760 e. The molecule has 1 unspecified atom stereocenters. The van der Waals surface area contributed by atoms with Gasteiger partial charge in [0.1, 0.15) is 0 Å². The minimum absolute atomic E-state index is 0.163. The van der Waals surface area contributed by atoms with E-state index in [1.54, 1.807) is 25.3 Å². The van der Waals surface area contributed by atoms with Crippen LogP contribution in [0, 0.1) is 0 Å². The molecule has 0 amide bonds. The Bertz CT molecular complexity index is 599. The second kappa shape index (κ2) is 8.92. The Balaban J connectivity index is 0.000000541. The van der Waals surface area contributed by atoms with E-state index < -0.39 is 21.3 Å². The van der Waals surface area contributed by atoms with Crippen LogP contribution in [0.1, 0.15) is 12.8 Å². The van der Waals surface area contributed by atoms with Gasteiger partial charge in [0.2, 0.25) is 10.0 Å². The zero-order chi connectivity index (χ0) is 16.8. The first-order valence-electron chi connectivity index (χ1n) is 6.39. The molecule has 0 bridgehead atoms. The van der Waals surface area contributed by atoms with E-state index in [4.69, 9.17) is 25.1 Å². The molecule has 2 rings (SSSR count). The Hall–Kier alpha value is -0.550. The van der Waals surface area contributed by atoms with Crippen LogP contribution in [-0.2, 0) is 26.0 Å². The van der Waals surface area contributed by atoms with Gasteiger partial charge in [-0.25, -0.2) is 8.42 Å². The summed E-state index contributed by atoms with van der Waals surface area (Å²) in [6.45, 7) is 0.987. The maximum Gasteiger partial charge on any atom is 0.243 e. The monoisotopic (exact) mass is 369 g/mol. The summed E-state index contributed by atoms with van der Waals surface area (Å²) in [5.41, 5.74) is 0. The highest BCUT2D eigenvalue weighted by Crippen LogP contribution is 2.23. The highest BCUT2D eigenvalue weighted by atomic mass is 35.5. The summed E-state index contributed by atoms with van der Waals surface area (Å²) >= 11 is 3.47. The quantitative estimate of drug-likeness (QED) is 0.794. The van der Waals surface area contributed by atoms with Gasteiger partial charge in [0.25, 0.3) is 0 Å². The second-order valence-corrected chi connectivity index (χ2v) is 7.45. The number of rotatable bonds is 3. The van der Waals surface area contributed by atoms with Crippen molar-refractivity contribution in [3.8, 4) is 0 Å². The highest BCUT2D eigenvalue weighted by molar-refractivity contribution is 7.89. The molecule has 126 valence electrons. The van der Waals surface area contributed by atoms with E-state index in [0.29, 0.717) is 18.1 Å². The van der Waals surface area contributed by atoms with Crippen molar-refractivity contribution in [1.82, 2.24) is 4.31 Å². The molecule has 0 radical (unpaired) electrons. The van der Waals surface area contributed by atoms with Gasteiger partial charge in [-0.3, -0.25) is 9.35 Å². The summed E-state index contributed by atoms with van der Waals surface area (Å²) in [5.74, 6) is 0. The van der Waals surface area contributed by atoms with Crippen LogP contribution in [0.15, 0.2) is 29.2 Å². The second-order valence-electron chi connectivity index (χ2n) is 4.56. The van der Waals surface area contributed by atoms with Crippen molar-refractivity contribution in [2.45, 2.75) is 23.8 Å². The fraction of sp³-hybridized carbons (Fsp3) is 0.500. The molecule has 1 saturated heterocycles. The highest BCUT2D eigenvalue weighted by Gasteiger charge is 2.29. The number of ether oxygens (including phenoxy) is 1. The first-order valence-corrected chi connectivity index (χ1v) is 9.35. The molecule has 0 aliphatic carbocycles. The van der Waals surface area contributed by atoms with Crippen LogP contribution in [0.25, 0.3) is 0 Å². The third-order valence-corrected chi connectivity index (χ3v) is 5.30. The molecule has 10 heteroatoms. The van der Waals surface area contributed by atoms with Crippen LogP contribution in [0.2, 0.25) is 5.02 Å². The molecule has 2 N–H and O–H groups in total. The third-order valence-electron chi connectivity index (χ3n) is 3.17. The van der Waals surface area contributed by atoms with Crippen molar-refractivity contribution in [2.24, 2.45) is 5.14 Å². The van der Waals surface area contributed by atoms with Gasteiger partial charge in [-0.2, -0.15) is 4.31 Å². The van der Waals surface area contributed by atoms with Gasteiger partial charge in [0, 0.05) is 36.5 Å². The standard InChI is InChI=1S/C12H16ClNO3S.H3NO2S/c1-17-11-5-7-14(8-6-11)18(15,16)12-4-2-3-10(13)9-12;1-4(2)3/h2-4,9,11H,5-8H2,1H3;1H2,(H,2,3)/p-1. The predicted octanol–water partition coefficient (Wildman–Crippen LogP) is 0.879. The molecular formula is C12H18ClN2O5S2-. The van der Waals surface area contributed by atoms with Crippen molar-refractivity contribution in [1.29, 1.82) is 0 Å². The van der Waals surface area contributed by atoms with E-state index in [1.807, 2.05) is 0 Å². The Morgan fingerprint density at radius 3 is 2.41 bits per heavy atom. The van der Waals surface area contributed by atoms with Crippen LogP contribution in [-0.4, -0.2) is 47.8 Å². The third kappa shape index (κ3) is 5.92. The summed E-state index contributed by atoms with van der Waals surface area (Å²) in [6.07, 6.45) is 1.63. The average molecular weight is 370 g/mol. The zero-order valence-corrected chi connectivity index (χ0v) is 14.4. The Labute approximate surface area is 137 Å². The smallest absolute Gasteiger partial charge is 0.243 e. The molecular weight excluding hydrogens is 352 g/mol. The molecule has 0 saturated carbocycles. The maximum atomic E-state index is 12.4. The molecule has 22 heavy (non-hydrogen) atoms. The van der Waals surface area contributed by atoms with E-state index in [9.17, 15) is 8.42 Å². The van der Waals surface area contributed by atoms with Crippen LogP contribution < -0.4 is 5.14 Å². The van der Waals surface area contributed by atoms with Crippen molar-refractivity contribution in [2.75, 3.05) is 20.2 Å². The lowest BCUT2D eigenvalue weighted by molar-refractivity contribution is 0.0604. The molecule has 0 aromatic heterocycles. The molecule has 7 nitrogen and oxygen atoms in total. The van der Waals surface area contributed by atoms with Gasteiger partial charge in [-0.15, -0.1) is 0 Å². The van der Waals surface area contributed by atoms with E-state index in [1.165, 1.54) is 10.4 Å². The zero-order valence-electron chi connectivity index (χ0n) is 12.0. The topological polar surface area (TPSA) is 113 Å². The summed E-state index contributed by atoms with van der Waals surface area (Å²) in [6, 6.07) is 6.37. The van der Waals surface area contributed by atoms with Crippen LogP contribution in [0.3, 0.4) is 0 Å². The van der Waals surface area contributed by atoms with E-state index >= 15 is 0 Å². The number of benzene rings is 1. The van der Waals surface area contributed by atoms with Gasteiger partial charge in [-0.1, -0.05) is 17.7 Å². The predicted molar refractivity (Wildman–Crippen MR) is 83.3 cm³/mol. The first kappa shape index (κ1) is 19.5. The van der Waals surface area contributed by atoms with Crippen LogP contribution in [0.4, 0.5) is 0 Å². The number of methoxy groups -OCH3 is 1. The van der Waals surface area contributed by atoms with Gasteiger partial charge < -0.3 is 9.29 Å². The van der Waals surface area contributed by atoms with Crippen molar-refractivity contribution in [3.63, 3.8) is 0 Å². The Morgan fingerprint density at radius 1 is 1.41 bits per heavy atom. The molecule has 1 aromatic rings. The number of nitrogens with zero attached hydrogens (tertiary/aromatic N) is 1. The molecule has 0 spiro atoms. The number of hydrogen-bond donors (Lipinski definition) is 1. The molecule has 1 aromatic carbocycles. The van der Waals surface area contributed by atoms with Crippen LogP contribution in [0.5, 0.6) is 0 Å². The minimum atomic E-state index is -3.42. The fourth-order valence-electron chi connectivity index (χ4n) is 2.08. The summed E-state index contributed by atoms with van der Waals surface area (Å²) in [4.78, 5) is 0.255. The Morgan fingerprint density at radius 2 is 1.95 bits per heavy atom. The number of piperidine rings is 1. The molecule has 1 aliphatic rings. The molecule has 1 fully saturated rings. The first-order chi connectivity index (χ1) is 10.3. The molecule has 1 aliphatic heterocycles. The van der Waals surface area contributed by atoms with Crippen LogP contribution >= 0.6 is 11.6 Å². The summed E-state index contributed by atoms with van der Waals surface area (Å²) < 4.78 is 49.0. The number of nitrogens with two attached hydrogens (primary N) is 1. The number of halogens is 1. The fourth-order valence-corrected chi connectivity index (χ4v) is 3.86. The normalized spacial score (nSPS) is 18.4. The number of hydrogen-bond acceptors (Lipinski definition) is 5. The maximum absolute atomic E-state index is 12.4. The van der Waals surface area contributed by atoms with Gasteiger partial charge >= 0.3 is 0 Å². The lowest BCUT2D eigenvalue weighted by Gasteiger charge is -2.30. The summed E-state index contributed by atoms with van der Waals surface area (Å²) in [5, 5.41) is 4.46. The average Bonchev–Trinajstić information content (AvgIpc) is 2.47. The van der Waals surface area contributed by atoms with Gasteiger partial charge in [0.05, 0.1) is 11.0 Å². The van der Waals surface area contributed by atoms with E-state index in [-0.39, 0.29) is 11.0 Å². The van der Waals surface area contributed by atoms with E-state index in [0.717, 1.165) is 12.8 Å². The van der Waals surface area contributed by atoms with Crippen molar-refractivity contribution < 1.29 is 21.9 Å². The molecule has 1 atom stereocenters. The Kier molecular flexibility index (Phi) is 7.90. The lowest BCUT2D eigenvalue weighted by atomic mass is 10.1. The number of sulfonamides is 1. The SMILES string of the molecule is COC1CCN(S(=O)(=O)c2cccc(Cl)c2)CC1.NS(=O)[O-]. The minimum Gasteiger partial charge on any atom is -0.760 e. The molecule has 1 heterocycles. The lowest BCUT2D eigenvalue weighted by Crippen LogP contribution is -2.40. The van der Waals surface area contributed by atoms with E-state index in [2.05, 4.69) is 5.14 Å². The van der Waals surface area contributed by atoms with Gasteiger partial charge in [-0.05, 0) is 31.0 Å². The van der Waals surface area contributed by atoms with Crippen molar-refractivity contribution >= 4 is 32.9 Å². The summed E-state index contributed by atoms with van der Waals surface area (Å²) in [7, 11) is -1.76.